The van der Waals surface area contributed by atoms with Crippen molar-refractivity contribution in [2.24, 2.45) is 5.92 Å². The molecule has 1 aliphatic rings. The number of hydrogen-bond donors (Lipinski definition) is 1. The second kappa shape index (κ2) is 10.4. The van der Waals surface area contributed by atoms with Crippen LogP contribution in [0.1, 0.15) is 19.4 Å². The Labute approximate surface area is 158 Å². The SMILES string of the molecule is CC(C)CN(CCN(C)C)C(=O)NCc1ccc(N2CCOCC2)cc1. The first-order chi connectivity index (χ1) is 12.5. The highest BCUT2D eigenvalue weighted by molar-refractivity contribution is 5.74. The van der Waals surface area contributed by atoms with Gasteiger partial charge in [-0.1, -0.05) is 26.0 Å². The lowest BCUT2D eigenvalue weighted by Gasteiger charge is -2.29. The summed E-state index contributed by atoms with van der Waals surface area (Å²) in [6.07, 6.45) is 0. The smallest absolute Gasteiger partial charge is 0.317 e. The molecule has 0 aliphatic carbocycles. The molecule has 1 heterocycles. The van der Waals surface area contributed by atoms with Gasteiger partial charge in [0.1, 0.15) is 0 Å². The van der Waals surface area contributed by atoms with Crippen LogP contribution in [0.4, 0.5) is 10.5 Å². The Kier molecular flexibility index (Phi) is 8.19. The summed E-state index contributed by atoms with van der Waals surface area (Å²) in [5.74, 6) is 0.454. The molecule has 1 fully saturated rings. The van der Waals surface area contributed by atoms with Gasteiger partial charge in [0.25, 0.3) is 0 Å². The summed E-state index contributed by atoms with van der Waals surface area (Å²) >= 11 is 0. The molecule has 0 spiro atoms. The lowest BCUT2D eigenvalue weighted by molar-refractivity contribution is 0.122. The van der Waals surface area contributed by atoms with Crippen LogP contribution in [-0.4, -0.2) is 75.9 Å². The molecule has 6 nitrogen and oxygen atoms in total. The van der Waals surface area contributed by atoms with Gasteiger partial charge in [0.05, 0.1) is 13.2 Å². The van der Waals surface area contributed by atoms with Crippen LogP contribution in [0.2, 0.25) is 0 Å². The Morgan fingerprint density at radius 1 is 1.15 bits per heavy atom. The molecule has 26 heavy (non-hydrogen) atoms. The van der Waals surface area contributed by atoms with Crippen molar-refractivity contribution < 1.29 is 9.53 Å². The third-order valence-corrected chi connectivity index (χ3v) is 4.45. The van der Waals surface area contributed by atoms with Gasteiger partial charge in [0.15, 0.2) is 0 Å². The van der Waals surface area contributed by atoms with Crippen molar-refractivity contribution >= 4 is 11.7 Å². The molecular formula is C20H34N4O2. The van der Waals surface area contributed by atoms with Gasteiger partial charge in [-0.05, 0) is 37.7 Å². The number of urea groups is 1. The largest absolute Gasteiger partial charge is 0.378 e. The number of rotatable bonds is 8. The minimum atomic E-state index is 0.0119. The van der Waals surface area contributed by atoms with Crippen molar-refractivity contribution in [3.63, 3.8) is 0 Å². The van der Waals surface area contributed by atoms with Crippen LogP contribution in [0.25, 0.3) is 0 Å². The van der Waals surface area contributed by atoms with Crippen LogP contribution in [-0.2, 0) is 11.3 Å². The highest BCUT2D eigenvalue weighted by Crippen LogP contribution is 2.16. The molecule has 0 atom stereocenters. The molecule has 146 valence electrons. The number of carbonyl (C=O) groups is 1. The number of amides is 2. The van der Waals surface area contributed by atoms with Crippen molar-refractivity contribution in [2.75, 3.05) is 64.9 Å². The summed E-state index contributed by atoms with van der Waals surface area (Å²) in [6, 6.07) is 8.46. The summed E-state index contributed by atoms with van der Waals surface area (Å²) in [5.41, 5.74) is 2.34. The molecule has 1 saturated heterocycles. The van der Waals surface area contributed by atoms with Gasteiger partial charge in [-0.15, -0.1) is 0 Å². The van der Waals surface area contributed by atoms with Gasteiger partial charge >= 0.3 is 6.03 Å². The second-order valence-electron chi connectivity index (χ2n) is 7.57. The number of hydrogen-bond acceptors (Lipinski definition) is 4. The highest BCUT2D eigenvalue weighted by atomic mass is 16.5. The van der Waals surface area contributed by atoms with E-state index < -0.39 is 0 Å². The van der Waals surface area contributed by atoms with E-state index in [1.807, 2.05) is 19.0 Å². The Morgan fingerprint density at radius 3 is 2.38 bits per heavy atom. The predicted octanol–water partition coefficient (Wildman–Crippen LogP) is 2.25. The van der Waals surface area contributed by atoms with Crippen LogP contribution < -0.4 is 10.2 Å². The van der Waals surface area contributed by atoms with Crippen molar-refractivity contribution in [1.29, 1.82) is 0 Å². The van der Waals surface area contributed by atoms with E-state index in [9.17, 15) is 4.79 Å². The maximum Gasteiger partial charge on any atom is 0.317 e. The lowest BCUT2D eigenvalue weighted by Crippen LogP contribution is -2.44. The van der Waals surface area contributed by atoms with Crippen molar-refractivity contribution in [3.05, 3.63) is 29.8 Å². The minimum Gasteiger partial charge on any atom is -0.378 e. The zero-order valence-electron chi connectivity index (χ0n) is 16.7. The van der Waals surface area contributed by atoms with Crippen LogP contribution in [0.5, 0.6) is 0 Å². The van der Waals surface area contributed by atoms with Crippen molar-refractivity contribution in [2.45, 2.75) is 20.4 Å². The molecule has 0 radical (unpaired) electrons. The van der Waals surface area contributed by atoms with E-state index >= 15 is 0 Å². The van der Waals surface area contributed by atoms with Crippen molar-refractivity contribution in [1.82, 2.24) is 15.1 Å². The molecule has 6 heteroatoms. The van der Waals surface area contributed by atoms with Gasteiger partial charge in [0.2, 0.25) is 0 Å². The molecule has 2 rings (SSSR count). The topological polar surface area (TPSA) is 48.0 Å². The first kappa shape index (κ1) is 20.5. The summed E-state index contributed by atoms with van der Waals surface area (Å²) in [6.45, 7) is 10.7. The third kappa shape index (κ3) is 6.84. The summed E-state index contributed by atoms with van der Waals surface area (Å²) < 4.78 is 5.40. The van der Waals surface area contributed by atoms with Crippen LogP contribution in [0, 0.1) is 5.92 Å². The summed E-state index contributed by atoms with van der Waals surface area (Å²) in [4.78, 5) is 18.9. The maximum atomic E-state index is 12.6. The standard InChI is InChI=1S/C20H34N4O2/c1-17(2)16-24(10-9-22(3)4)20(25)21-15-18-5-7-19(8-6-18)23-11-13-26-14-12-23/h5-8,17H,9-16H2,1-4H3,(H,21,25). The first-order valence-corrected chi connectivity index (χ1v) is 9.55. The second-order valence-corrected chi connectivity index (χ2v) is 7.57. The van der Waals surface area contributed by atoms with Gasteiger partial charge in [0, 0.05) is 45.0 Å². The van der Waals surface area contributed by atoms with E-state index in [2.05, 4.69) is 53.2 Å². The molecule has 0 bridgehead atoms. The zero-order valence-corrected chi connectivity index (χ0v) is 16.7. The minimum absolute atomic E-state index is 0.0119. The number of likely N-dealkylation sites (N-methyl/N-ethyl adjacent to an activating group) is 1. The number of nitrogens with one attached hydrogen (secondary N) is 1. The van der Waals surface area contributed by atoms with E-state index in [-0.39, 0.29) is 6.03 Å². The van der Waals surface area contributed by atoms with Gasteiger partial charge in [-0.2, -0.15) is 0 Å². The Hall–Kier alpha value is -1.79. The molecule has 0 unspecified atom stereocenters. The zero-order chi connectivity index (χ0) is 18.9. The van der Waals surface area contributed by atoms with E-state index in [1.54, 1.807) is 0 Å². The summed E-state index contributed by atoms with van der Waals surface area (Å²) in [7, 11) is 4.06. The highest BCUT2D eigenvalue weighted by Gasteiger charge is 2.15. The van der Waals surface area contributed by atoms with Crippen LogP contribution in [0.3, 0.4) is 0 Å². The van der Waals surface area contributed by atoms with Gasteiger partial charge in [-0.3, -0.25) is 0 Å². The first-order valence-electron chi connectivity index (χ1n) is 9.55. The normalized spacial score (nSPS) is 14.8. The number of benzene rings is 1. The predicted molar refractivity (Wildman–Crippen MR) is 107 cm³/mol. The number of nitrogens with zero attached hydrogens (tertiary/aromatic N) is 3. The fourth-order valence-corrected chi connectivity index (χ4v) is 2.97. The number of morpholine rings is 1. The maximum absolute atomic E-state index is 12.6. The average molecular weight is 363 g/mol. The number of ether oxygens (including phenoxy) is 1. The third-order valence-electron chi connectivity index (χ3n) is 4.45. The summed E-state index contributed by atoms with van der Waals surface area (Å²) in [5, 5.41) is 3.06. The average Bonchev–Trinajstić information content (AvgIpc) is 2.64. The van der Waals surface area contributed by atoms with Crippen molar-refractivity contribution in [3.8, 4) is 0 Å². The Morgan fingerprint density at radius 2 is 1.81 bits per heavy atom. The van der Waals surface area contributed by atoms with E-state index in [4.69, 9.17) is 4.74 Å². The van der Waals surface area contributed by atoms with E-state index in [0.717, 1.165) is 51.5 Å². The number of carbonyl (C=O) groups excluding carboxylic acids is 1. The molecule has 1 aromatic rings. The molecule has 1 aromatic carbocycles. The van der Waals surface area contributed by atoms with Crippen LogP contribution in [0.15, 0.2) is 24.3 Å². The lowest BCUT2D eigenvalue weighted by atomic mass is 10.2. The number of anilines is 1. The fourth-order valence-electron chi connectivity index (χ4n) is 2.97. The Bertz CT molecular complexity index is 539. The molecule has 2 amide bonds. The molecule has 0 saturated carbocycles. The molecule has 1 aliphatic heterocycles. The molecule has 0 aromatic heterocycles. The quantitative estimate of drug-likeness (QED) is 0.771. The van der Waals surface area contributed by atoms with E-state index in [1.165, 1.54) is 5.69 Å². The Balaban J connectivity index is 1.85. The van der Waals surface area contributed by atoms with E-state index in [0.29, 0.717) is 12.5 Å². The van der Waals surface area contributed by atoms with Gasteiger partial charge in [-0.25, -0.2) is 4.79 Å². The fraction of sp³-hybridized carbons (Fsp3) is 0.650. The van der Waals surface area contributed by atoms with Gasteiger partial charge < -0.3 is 24.8 Å². The molecule has 1 N–H and O–H groups in total. The molecular weight excluding hydrogens is 328 g/mol. The monoisotopic (exact) mass is 362 g/mol. The van der Waals surface area contributed by atoms with Crippen LogP contribution >= 0.6 is 0 Å².